The minimum atomic E-state index is -0.731. The van der Waals surface area contributed by atoms with Crippen molar-refractivity contribution >= 4 is 22.8 Å². The van der Waals surface area contributed by atoms with E-state index >= 15 is 0 Å². The maximum Gasteiger partial charge on any atom is 0.306 e. The normalized spacial score (nSPS) is 28.8. The molecule has 7 heteroatoms. The second kappa shape index (κ2) is 10.2. The van der Waals surface area contributed by atoms with Crippen molar-refractivity contribution in [3.63, 3.8) is 0 Å². The Labute approximate surface area is 213 Å². The third kappa shape index (κ3) is 4.44. The number of aromatic nitrogens is 2. The van der Waals surface area contributed by atoms with Gasteiger partial charge in [-0.3, -0.25) is 14.5 Å². The van der Waals surface area contributed by atoms with Crippen LogP contribution in [-0.2, 0) is 4.79 Å². The number of fused-ring (bicyclic) bond motifs is 3. The Bertz CT molecular complexity index is 1130. The average molecular weight is 493 g/mol. The molecule has 6 rings (SSSR count). The lowest BCUT2D eigenvalue weighted by molar-refractivity contribution is -0.142. The van der Waals surface area contributed by atoms with Crippen molar-refractivity contribution in [2.75, 3.05) is 18.0 Å². The van der Waals surface area contributed by atoms with Gasteiger partial charge in [0.1, 0.15) is 0 Å². The molecule has 3 saturated heterocycles. The number of benzene rings is 1. The molecule has 0 amide bonds. The molecule has 1 aliphatic carbocycles. The number of rotatable bonds is 4. The molecule has 194 valence electrons. The molecule has 4 fully saturated rings. The first-order valence-corrected chi connectivity index (χ1v) is 14.4. The van der Waals surface area contributed by atoms with E-state index in [2.05, 4.69) is 9.47 Å². The number of para-hydroxylation sites is 2. The number of hydrogen-bond donors (Lipinski definition) is 1. The summed E-state index contributed by atoms with van der Waals surface area (Å²) in [5.41, 5.74) is 1.81. The maximum atomic E-state index is 14.0. The van der Waals surface area contributed by atoms with Crippen LogP contribution < -0.4 is 10.5 Å². The molecule has 36 heavy (non-hydrogen) atoms. The molecule has 1 unspecified atom stereocenters. The first-order chi connectivity index (χ1) is 17.6. The monoisotopic (exact) mass is 492 g/mol. The summed E-state index contributed by atoms with van der Waals surface area (Å²) in [4.78, 5) is 35.2. The van der Waals surface area contributed by atoms with Gasteiger partial charge in [-0.05, 0) is 63.5 Å². The topological polar surface area (TPSA) is 78.7 Å². The zero-order valence-electron chi connectivity index (χ0n) is 21.4. The summed E-state index contributed by atoms with van der Waals surface area (Å²) in [6, 6.07) is 10.1. The first-order valence-electron chi connectivity index (χ1n) is 14.4. The van der Waals surface area contributed by atoms with Crippen LogP contribution in [0.15, 0.2) is 29.1 Å². The summed E-state index contributed by atoms with van der Waals surface area (Å²) in [6.45, 7) is 1.14. The summed E-state index contributed by atoms with van der Waals surface area (Å²) in [5, 5.41) is 9.40. The summed E-state index contributed by atoms with van der Waals surface area (Å²) in [6.07, 6.45) is 15.3. The van der Waals surface area contributed by atoms with E-state index in [1.54, 1.807) is 0 Å². The zero-order chi connectivity index (χ0) is 24.6. The molecule has 7 nitrogen and oxygen atoms in total. The van der Waals surface area contributed by atoms with Gasteiger partial charge in [0.15, 0.2) is 5.82 Å². The van der Waals surface area contributed by atoms with Crippen molar-refractivity contribution in [3.05, 3.63) is 34.6 Å². The fourth-order valence-corrected chi connectivity index (χ4v) is 7.77. The predicted molar refractivity (Wildman–Crippen MR) is 142 cm³/mol. The van der Waals surface area contributed by atoms with E-state index in [1.807, 2.05) is 29.2 Å². The predicted octanol–water partition coefficient (Wildman–Crippen LogP) is 4.98. The fourth-order valence-electron chi connectivity index (χ4n) is 7.77. The van der Waals surface area contributed by atoms with Crippen LogP contribution in [0.3, 0.4) is 0 Å². The van der Waals surface area contributed by atoms with Gasteiger partial charge in [0.2, 0.25) is 0 Å². The minimum Gasteiger partial charge on any atom is -0.481 e. The molecule has 1 saturated carbocycles. The van der Waals surface area contributed by atoms with Crippen molar-refractivity contribution in [1.29, 1.82) is 0 Å². The number of aliphatic carboxylic acids is 1. The van der Waals surface area contributed by atoms with Gasteiger partial charge in [-0.25, -0.2) is 4.98 Å². The molecule has 4 heterocycles. The molecule has 1 aromatic heterocycles. The summed E-state index contributed by atoms with van der Waals surface area (Å²) >= 11 is 0. The Balaban J connectivity index is 1.30. The smallest absolute Gasteiger partial charge is 0.306 e. The molecule has 1 N–H and O–H groups in total. The van der Waals surface area contributed by atoms with Crippen molar-refractivity contribution in [1.82, 2.24) is 14.5 Å². The Morgan fingerprint density at radius 2 is 1.44 bits per heavy atom. The lowest BCUT2D eigenvalue weighted by atomic mass is 9.89. The zero-order valence-corrected chi connectivity index (χ0v) is 21.4. The molecular weight excluding hydrogens is 452 g/mol. The first kappa shape index (κ1) is 24.0. The van der Waals surface area contributed by atoms with E-state index in [0.29, 0.717) is 43.8 Å². The van der Waals surface area contributed by atoms with Crippen molar-refractivity contribution < 1.29 is 9.90 Å². The number of carboxylic acids is 1. The van der Waals surface area contributed by atoms with E-state index in [0.717, 1.165) is 29.9 Å². The van der Waals surface area contributed by atoms with Crippen LogP contribution in [0.25, 0.3) is 11.0 Å². The average Bonchev–Trinajstić information content (AvgIpc) is 3.12. The highest BCUT2D eigenvalue weighted by Gasteiger charge is 2.44. The molecule has 2 bridgehead atoms. The third-order valence-corrected chi connectivity index (χ3v) is 9.55. The minimum absolute atomic E-state index is 0.00581. The standard InChI is InChI=1S/C29H40N4O3/c34-28-27(31-16-14-20(15-17-31)29(35)36)30-25-10-6-7-11-26(25)33(28)24-18-22-12-13-23(19-24)32(22)21-8-4-2-1-3-5-9-21/h6-7,10-11,20-24H,1-5,8-9,12-19H2,(H,35,36)/t22-,23+,24?. The molecule has 0 radical (unpaired) electrons. The fraction of sp³-hybridized carbons (Fsp3) is 0.690. The largest absolute Gasteiger partial charge is 0.481 e. The summed E-state index contributed by atoms with van der Waals surface area (Å²) < 4.78 is 2.07. The summed E-state index contributed by atoms with van der Waals surface area (Å²) in [7, 11) is 0. The number of carbonyl (C=O) groups is 1. The van der Waals surface area contributed by atoms with Crippen LogP contribution in [0, 0.1) is 5.92 Å². The number of nitrogens with zero attached hydrogens (tertiary/aromatic N) is 4. The van der Waals surface area contributed by atoms with Crippen molar-refractivity contribution in [2.45, 2.75) is 108 Å². The van der Waals surface area contributed by atoms with Crippen LogP contribution in [0.1, 0.15) is 89.5 Å². The Kier molecular flexibility index (Phi) is 6.76. The van der Waals surface area contributed by atoms with E-state index in [-0.39, 0.29) is 17.5 Å². The van der Waals surface area contributed by atoms with Crippen LogP contribution in [0.5, 0.6) is 0 Å². The molecule has 0 spiro atoms. The van der Waals surface area contributed by atoms with Crippen LogP contribution in [-0.4, -0.2) is 56.7 Å². The van der Waals surface area contributed by atoms with Gasteiger partial charge in [-0.15, -0.1) is 0 Å². The Morgan fingerprint density at radius 1 is 0.806 bits per heavy atom. The van der Waals surface area contributed by atoms with Gasteiger partial charge in [0.05, 0.1) is 17.0 Å². The van der Waals surface area contributed by atoms with Crippen LogP contribution in [0.2, 0.25) is 0 Å². The second-order valence-corrected chi connectivity index (χ2v) is 11.7. The molecule has 2 aromatic rings. The van der Waals surface area contributed by atoms with Gasteiger partial charge in [0.25, 0.3) is 5.56 Å². The highest BCUT2D eigenvalue weighted by Crippen LogP contribution is 2.44. The lowest BCUT2D eigenvalue weighted by Gasteiger charge is -2.45. The molecule has 1 aromatic carbocycles. The number of carboxylic acid groups (broad SMARTS) is 1. The van der Waals surface area contributed by atoms with Crippen LogP contribution >= 0.6 is 0 Å². The van der Waals surface area contributed by atoms with E-state index in [4.69, 9.17) is 4.98 Å². The molecule has 3 atom stereocenters. The molecule has 3 aliphatic heterocycles. The quantitative estimate of drug-likeness (QED) is 0.649. The number of piperidine rings is 2. The lowest BCUT2D eigenvalue weighted by Crippen LogP contribution is -2.50. The van der Waals surface area contributed by atoms with Gasteiger partial charge in [-0.2, -0.15) is 0 Å². The Hall–Kier alpha value is -2.41. The third-order valence-electron chi connectivity index (χ3n) is 9.55. The van der Waals surface area contributed by atoms with Gasteiger partial charge < -0.3 is 14.6 Å². The molecule has 4 aliphatic rings. The van der Waals surface area contributed by atoms with Crippen molar-refractivity contribution in [2.24, 2.45) is 5.92 Å². The van der Waals surface area contributed by atoms with Gasteiger partial charge in [0, 0.05) is 37.3 Å². The van der Waals surface area contributed by atoms with E-state index < -0.39 is 5.97 Å². The highest BCUT2D eigenvalue weighted by atomic mass is 16.4. The highest BCUT2D eigenvalue weighted by molar-refractivity contribution is 5.76. The van der Waals surface area contributed by atoms with Gasteiger partial charge in [-0.1, -0.05) is 44.2 Å². The van der Waals surface area contributed by atoms with Gasteiger partial charge >= 0.3 is 5.97 Å². The van der Waals surface area contributed by atoms with E-state index in [1.165, 1.54) is 57.8 Å². The second-order valence-electron chi connectivity index (χ2n) is 11.7. The maximum absolute atomic E-state index is 14.0. The SMILES string of the molecule is O=C(O)C1CCN(c2nc3ccccc3n(C3C[C@H]4CC[C@@H](C3)N4C3CCCCCCC3)c2=O)CC1. The molecular formula is C29H40N4O3. The number of hydrogen-bond acceptors (Lipinski definition) is 5. The van der Waals surface area contributed by atoms with E-state index in [9.17, 15) is 14.7 Å². The number of anilines is 1. The Morgan fingerprint density at radius 3 is 2.11 bits per heavy atom. The van der Waals surface area contributed by atoms with Crippen LogP contribution in [0.4, 0.5) is 5.82 Å². The van der Waals surface area contributed by atoms with Crippen molar-refractivity contribution in [3.8, 4) is 0 Å². The summed E-state index contributed by atoms with van der Waals surface area (Å²) in [5.74, 6) is -0.547.